The molecule has 0 spiro atoms. The number of hydrogen-bond acceptors (Lipinski definition) is 1. The minimum atomic E-state index is -0.0150. The zero-order valence-corrected chi connectivity index (χ0v) is 23.0. The van der Waals surface area contributed by atoms with Gasteiger partial charge < -0.3 is 4.90 Å². The summed E-state index contributed by atoms with van der Waals surface area (Å²) in [5.41, 5.74) is 5.89. The van der Waals surface area contributed by atoms with Crippen molar-refractivity contribution in [2.75, 3.05) is 6.54 Å². The lowest BCUT2D eigenvalue weighted by atomic mass is 9.59. The molecule has 194 valence electrons. The SMILES string of the molecule is CC[C@@H](C(=O)N1CC[C@@H](c2ccccc2)C[C@H]1C1CCCCC1)[C@]1(CC)CCCc2c(C)cccc21. The molecule has 1 heterocycles. The quantitative estimate of drug-likeness (QED) is 0.402. The van der Waals surface area contributed by atoms with E-state index in [1.807, 2.05) is 0 Å². The van der Waals surface area contributed by atoms with Gasteiger partial charge in [-0.1, -0.05) is 81.6 Å². The lowest BCUT2D eigenvalue weighted by Gasteiger charge is -2.50. The first-order valence-electron chi connectivity index (χ1n) is 15.0. The van der Waals surface area contributed by atoms with Gasteiger partial charge in [0.25, 0.3) is 0 Å². The molecule has 2 aromatic rings. The molecule has 0 unspecified atom stereocenters. The van der Waals surface area contributed by atoms with Gasteiger partial charge in [-0.05, 0) is 98.8 Å². The molecule has 2 aliphatic carbocycles. The number of piperidine rings is 1. The monoisotopic (exact) mass is 485 g/mol. The van der Waals surface area contributed by atoms with E-state index in [-0.39, 0.29) is 11.3 Å². The number of amides is 1. The Morgan fingerprint density at radius 1 is 0.972 bits per heavy atom. The standard InChI is InChI=1S/C34H47NO/c1-4-30(34(5-2)22-13-19-29-25(3)14-12-20-31(29)34)33(36)35-23-21-28(26-15-8-6-9-16-26)24-32(35)27-17-10-7-11-18-27/h6,8-9,12,14-16,20,27-28,30,32H,4-5,7,10-11,13,17-19,21-24H2,1-3H3/t28-,30+,32+,34+/m1/s1. The molecule has 2 aromatic carbocycles. The molecular weight excluding hydrogens is 438 g/mol. The molecule has 4 atom stereocenters. The Morgan fingerprint density at radius 2 is 1.75 bits per heavy atom. The van der Waals surface area contributed by atoms with E-state index in [0.717, 1.165) is 38.6 Å². The van der Waals surface area contributed by atoms with Crippen molar-refractivity contribution in [3.05, 3.63) is 70.8 Å². The molecule has 0 aromatic heterocycles. The Balaban J connectivity index is 1.47. The van der Waals surface area contributed by atoms with Gasteiger partial charge in [0, 0.05) is 23.9 Å². The average Bonchev–Trinajstić information content (AvgIpc) is 2.94. The lowest BCUT2D eigenvalue weighted by Crippen LogP contribution is -2.55. The molecule has 0 bridgehead atoms. The maximum Gasteiger partial charge on any atom is 0.226 e. The number of benzene rings is 2. The van der Waals surface area contributed by atoms with Crippen LogP contribution in [0, 0.1) is 18.8 Å². The second-order valence-corrected chi connectivity index (χ2v) is 12.1. The van der Waals surface area contributed by atoms with Crippen LogP contribution in [-0.4, -0.2) is 23.4 Å². The van der Waals surface area contributed by atoms with E-state index in [4.69, 9.17) is 0 Å². The largest absolute Gasteiger partial charge is 0.339 e. The lowest BCUT2D eigenvalue weighted by molar-refractivity contribution is -0.144. The fourth-order valence-electron chi connectivity index (χ4n) is 8.46. The summed E-state index contributed by atoms with van der Waals surface area (Å²) in [6.07, 6.45) is 14.4. The van der Waals surface area contributed by atoms with Crippen LogP contribution in [-0.2, 0) is 16.6 Å². The van der Waals surface area contributed by atoms with Crippen molar-refractivity contribution in [1.29, 1.82) is 0 Å². The molecule has 36 heavy (non-hydrogen) atoms. The van der Waals surface area contributed by atoms with Crippen LogP contribution in [0.3, 0.4) is 0 Å². The van der Waals surface area contributed by atoms with E-state index in [1.165, 1.54) is 67.2 Å². The highest BCUT2D eigenvalue weighted by molar-refractivity contribution is 5.81. The number of hydrogen-bond donors (Lipinski definition) is 0. The van der Waals surface area contributed by atoms with Crippen molar-refractivity contribution in [2.24, 2.45) is 11.8 Å². The van der Waals surface area contributed by atoms with Crippen molar-refractivity contribution in [1.82, 2.24) is 4.90 Å². The first kappa shape index (κ1) is 25.6. The number of carbonyl (C=O) groups excluding carboxylic acids is 1. The third-order valence-corrected chi connectivity index (χ3v) is 10.4. The summed E-state index contributed by atoms with van der Waals surface area (Å²) in [7, 11) is 0. The van der Waals surface area contributed by atoms with Crippen molar-refractivity contribution in [2.45, 2.75) is 115 Å². The van der Waals surface area contributed by atoms with Crippen molar-refractivity contribution < 1.29 is 4.79 Å². The average molecular weight is 486 g/mol. The maximum atomic E-state index is 14.7. The minimum Gasteiger partial charge on any atom is -0.339 e. The van der Waals surface area contributed by atoms with Crippen LogP contribution in [0.15, 0.2) is 48.5 Å². The summed E-state index contributed by atoms with van der Waals surface area (Å²) in [4.78, 5) is 17.1. The molecule has 1 saturated carbocycles. The molecule has 0 N–H and O–H groups in total. The summed E-state index contributed by atoms with van der Waals surface area (Å²) >= 11 is 0. The van der Waals surface area contributed by atoms with E-state index in [0.29, 0.717) is 23.8 Å². The number of rotatable bonds is 6. The van der Waals surface area contributed by atoms with Crippen LogP contribution >= 0.6 is 0 Å². The molecule has 2 heteroatoms. The van der Waals surface area contributed by atoms with E-state index in [2.05, 4.69) is 74.2 Å². The fourth-order valence-corrected chi connectivity index (χ4v) is 8.46. The first-order valence-corrected chi connectivity index (χ1v) is 15.0. The Kier molecular flexibility index (Phi) is 7.89. The maximum absolute atomic E-state index is 14.7. The van der Waals surface area contributed by atoms with Gasteiger partial charge in [-0.15, -0.1) is 0 Å². The van der Waals surface area contributed by atoms with Crippen LogP contribution in [0.4, 0.5) is 0 Å². The van der Waals surface area contributed by atoms with Crippen molar-refractivity contribution >= 4 is 5.91 Å². The van der Waals surface area contributed by atoms with Crippen LogP contribution in [0.1, 0.15) is 113 Å². The third kappa shape index (κ3) is 4.66. The minimum absolute atomic E-state index is 0.0150. The zero-order valence-electron chi connectivity index (χ0n) is 23.0. The second-order valence-electron chi connectivity index (χ2n) is 12.1. The molecule has 3 aliphatic rings. The predicted molar refractivity (Wildman–Crippen MR) is 150 cm³/mol. The Labute approximate surface area is 219 Å². The van der Waals surface area contributed by atoms with Gasteiger partial charge in [-0.25, -0.2) is 0 Å². The summed E-state index contributed by atoms with van der Waals surface area (Å²) < 4.78 is 0. The Morgan fingerprint density at radius 3 is 2.47 bits per heavy atom. The summed E-state index contributed by atoms with van der Waals surface area (Å²) in [6, 6.07) is 18.4. The number of nitrogens with zero attached hydrogens (tertiary/aromatic N) is 1. The fraction of sp³-hybridized carbons (Fsp3) is 0.618. The smallest absolute Gasteiger partial charge is 0.226 e. The highest BCUT2D eigenvalue weighted by Crippen LogP contribution is 2.49. The molecule has 2 nitrogen and oxygen atoms in total. The van der Waals surface area contributed by atoms with E-state index >= 15 is 0 Å². The van der Waals surface area contributed by atoms with Crippen LogP contribution < -0.4 is 0 Å². The molecule has 1 amide bonds. The third-order valence-electron chi connectivity index (χ3n) is 10.4. The predicted octanol–water partition coefficient (Wildman–Crippen LogP) is 8.36. The summed E-state index contributed by atoms with van der Waals surface area (Å²) in [5, 5.41) is 0. The number of aryl methyl sites for hydroxylation is 1. The molecule has 1 aliphatic heterocycles. The number of fused-ring (bicyclic) bond motifs is 1. The van der Waals surface area contributed by atoms with Crippen LogP contribution in [0.25, 0.3) is 0 Å². The van der Waals surface area contributed by atoms with Crippen LogP contribution in [0.5, 0.6) is 0 Å². The van der Waals surface area contributed by atoms with Gasteiger partial charge in [-0.3, -0.25) is 4.79 Å². The summed E-state index contributed by atoms with van der Waals surface area (Å²) in [6.45, 7) is 7.81. The number of carbonyl (C=O) groups is 1. The second kappa shape index (κ2) is 11.1. The van der Waals surface area contributed by atoms with Gasteiger partial charge in [0.1, 0.15) is 0 Å². The molecule has 2 fully saturated rings. The van der Waals surface area contributed by atoms with E-state index in [9.17, 15) is 4.79 Å². The van der Waals surface area contributed by atoms with Gasteiger partial charge in [-0.2, -0.15) is 0 Å². The van der Waals surface area contributed by atoms with Gasteiger partial charge in [0.15, 0.2) is 0 Å². The Hall–Kier alpha value is -2.09. The van der Waals surface area contributed by atoms with Crippen molar-refractivity contribution in [3.63, 3.8) is 0 Å². The molecule has 5 rings (SSSR count). The first-order chi connectivity index (χ1) is 17.6. The number of likely N-dealkylation sites (tertiary alicyclic amines) is 1. The summed E-state index contributed by atoms with van der Waals surface area (Å²) in [5.74, 6) is 1.81. The highest BCUT2D eigenvalue weighted by atomic mass is 16.2. The topological polar surface area (TPSA) is 20.3 Å². The van der Waals surface area contributed by atoms with E-state index < -0.39 is 0 Å². The van der Waals surface area contributed by atoms with Gasteiger partial charge in [0.05, 0.1) is 0 Å². The molecule has 1 saturated heterocycles. The van der Waals surface area contributed by atoms with Crippen LogP contribution in [0.2, 0.25) is 0 Å². The van der Waals surface area contributed by atoms with Gasteiger partial charge >= 0.3 is 0 Å². The Bertz CT molecular complexity index is 1020. The highest BCUT2D eigenvalue weighted by Gasteiger charge is 2.48. The molecular formula is C34H47NO. The normalized spacial score (nSPS) is 27.9. The van der Waals surface area contributed by atoms with Crippen molar-refractivity contribution in [3.8, 4) is 0 Å². The van der Waals surface area contributed by atoms with E-state index in [1.54, 1.807) is 0 Å². The molecule has 0 radical (unpaired) electrons. The van der Waals surface area contributed by atoms with Gasteiger partial charge in [0.2, 0.25) is 5.91 Å². The zero-order chi connectivity index (χ0) is 25.1.